The Morgan fingerprint density at radius 3 is 1.91 bits per heavy atom. The number of nitrogens with zero attached hydrogens (tertiary/aromatic N) is 3. The summed E-state index contributed by atoms with van der Waals surface area (Å²) >= 11 is 0. The van der Waals surface area contributed by atoms with Gasteiger partial charge in [-0.15, -0.1) is 5.10 Å². The Bertz CT molecular complexity index is 140. The zero-order chi connectivity index (χ0) is 9.02. The van der Waals surface area contributed by atoms with Crippen LogP contribution in [0.25, 0.3) is 0 Å². The van der Waals surface area contributed by atoms with E-state index in [9.17, 15) is 0 Å². The predicted octanol–water partition coefficient (Wildman–Crippen LogP) is -1.39. The van der Waals surface area contributed by atoms with Crippen LogP contribution in [0.1, 0.15) is 13.8 Å². The fourth-order valence-electron chi connectivity index (χ4n) is 0.571. The lowest BCUT2D eigenvalue weighted by Gasteiger charge is -2.27. The molecule has 0 saturated carbocycles. The fraction of sp³-hybridized carbons (Fsp3) is 0.800. The SMILES string of the molecule is CC(C)N(N)/C(=N/N)N(C)N. The highest BCUT2D eigenvalue weighted by molar-refractivity contribution is 5.78. The summed E-state index contributed by atoms with van der Waals surface area (Å²) < 4.78 is 0. The van der Waals surface area contributed by atoms with Crippen LogP contribution in [0.3, 0.4) is 0 Å². The van der Waals surface area contributed by atoms with Gasteiger partial charge < -0.3 is 5.84 Å². The Balaban J connectivity index is 4.28. The van der Waals surface area contributed by atoms with Gasteiger partial charge in [0.05, 0.1) is 0 Å². The predicted molar refractivity (Wildman–Crippen MR) is 44.7 cm³/mol. The molecular weight excluding hydrogens is 144 g/mol. The third kappa shape index (κ3) is 2.60. The second-order valence-corrected chi connectivity index (χ2v) is 2.54. The maximum Gasteiger partial charge on any atom is 0.247 e. The number of hydrogen-bond donors (Lipinski definition) is 3. The Kier molecular flexibility index (Phi) is 3.63. The zero-order valence-electron chi connectivity index (χ0n) is 7.15. The minimum atomic E-state index is 0.114. The van der Waals surface area contributed by atoms with Crippen molar-refractivity contribution in [2.24, 2.45) is 22.6 Å². The third-order valence-electron chi connectivity index (χ3n) is 1.22. The number of guanidine groups is 1. The van der Waals surface area contributed by atoms with Crippen molar-refractivity contribution in [3.05, 3.63) is 0 Å². The van der Waals surface area contributed by atoms with E-state index in [1.807, 2.05) is 13.8 Å². The molecule has 0 aromatic heterocycles. The highest BCUT2D eigenvalue weighted by Gasteiger charge is 2.12. The number of nitrogens with two attached hydrogens (primary N) is 3. The topological polar surface area (TPSA) is 96.9 Å². The summed E-state index contributed by atoms with van der Waals surface area (Å²) in [5, 5.41) is 6.08. The zero-order valence-corrected chi connectivity index (χ0v) is 7.15. The van der Waals surface area contributed by atoms with Crippen LogP contribution in [0.2, 0.25) is 0 Å². The molecule has 66 valence electrons. The Hall–Kier alpha value is -1.01. The number of hydrogen-bond acceptors (Lipinski definition) is 4. The molecule has 0 aliphatic carbocycles. The minimum absolute atomic E-state index is 0.114. The molecule has 0 bridgehead atoms. The van der Waals surface area contributed by atoms with Gasteiger partial charge in [0.2, 0.25) is 5.96 Å². The third-order valence-corrected chi connectivity index (χ3v) is 1.22. The first kappa shape index (κ1) is 9.99. The monoisotopic (exact) mass is 160 g/mol. The van der Waals surface area contributed by atoms with E-state index in [-0.39, 0.29) is 6.04 Å². The smallest absolute Gasteiger partial charge is 0.247 e. The summed E-state index contributed by atoms with van der Waals surface area (Å²) in [7, 11) is 1.62. The highest BCUT2D eigenvalue weighted by atomic mass is 15.6. The molecule has 6 heteroatoms. The van der Waals surface area contributed by atoms with Crippen LogP contribution in [-0.4, -0.2) is 29.1 Å². The first-order chi connectivity index (χ1) is 5.00. The summed E-state index contributed by atoms with van der Waals surface area (Å²) in [6.07, 6.45) is 0. The van der Waals surface area contributed by atoms with E-state index in [0.717, 1.165) is 0 Å². The average Bonchev–Trinajstić information content (AvgIpc) is 1.88. The second-order valence-electron chi connectivity index (χ2n) is 2.54. The number of hydrazone groups is 1. The number of rotatable bonds is 1. The standard InChI is InChI=1S/C5H16N6/c1-4(2)11(8)5(9-6)10(3)7/h4H,6-8H2,1-3H3/b9-5+. The van der Waals surface area contributed by atoms with Gasteiger partial charge in [-0.2, -0.15) is 0 Å². The van der Waals surface area contributed by atoms with Gasteiger partial charge in [0.25, 0.3) is 0 Å². The van der Waals surface area contributed by atoms with Crippen LogP contribution in [0.15, 0.2) is 5.10 Å². The average molecular weight is 160 g/mol. The molecule has 0 amide bonds. The molecule has 0 aliphatic rings. The lowest BCUT2D eigenvalue weighted by atomic mass is 10.4. The van der Waals surface area contributed by atoms with E-state index in [1.54, 1.807) is 7.05 Å². The molecule has 0 saturated heterocycles. The van der Waals surface area contributed by atoms with Crippen molar-refractivity contribution in [3.63, 3.8) is 0 Å². The molecule has 0 aliphatic heterocycles. The van der Waals surface area contributed by atoms with Gasteiger partial charge in [0.1, 0.15) is 0 Å². The maximum atomic E-state index is 5.57. The molecule has 6 nitrogen and oxygen atoms in total. The van der Waals surface area contributed by atoms with Crippen molar-refractivity contribution in [2.75, 3.05) is 7.05 Å². The van der Waals surface area contributed by atoms with Crippen LogP contribution in [0.4, 0.5) is 0 Å². The second kappa shape index (κ2) is 3.99. The summed E-state index contributed by atoms with van der Waals surface area (Å²) in [5.74, 6) is 16.4. The van der Waals surface area contributed by atoms with Crippen molar-refractivity contribution >= 4 is 5.96 Å². The molecule has 0 unspecified atom stereocenters. The molecule has 0 atom stereocenters. The van der Waals surface area contributed by atoms with Gasteiger partial charge >= 0.3 is 0 Å². The summed E-state index contributed by atoms with van der Waals surface area (Å²) in [6, 6.07) is 0.114. The van der Waals surface area contributed by atoms with Crippen molar-refractivity contribution in [2.45, 2.75) is 19.9 Å². The van der Waals surface area contributed by atoms with Crippen LogP contribution in [0.5, 0.6) is 0 Å². The van der Waals surface area contributed by atoms with Gasteiger partial charge in [0.15, 0.2) is 0 Å². The largest absolute Gasteiger partial charge is 0.320 e. The molecule has 0 fully saturated rings. The Labute approximate surface area is 66.5 Å². The van der Waals surface area contributed by atoms with Crippen LogP contribution < -0.4 is 17.5 Å². The summed E-state index contributed by atoms with van der Waals surface area (Å²) in [5.41, 5.74) is 0. The molecular formula is C5H16N6. The van der Waals surface area contributed by atoms with Crippen LogP contribution in [0, 0.1) is 0 Å². The quantitative estimate of drug-likeness (QED) is 0.190. The molecule has 0 rings (SSSR count). The van der Waals surface area contributed by atoms with Crippen molar-refractivity contribution < 1.29 is 0 Å². The van der Waals surface area contributed by atoms with E-state index in [0.29, 0.717) is 5.96 Å². The van der Waals surface area contributed by atoms with Crippen molar-refractivity contribution in [1.29, 1.82) is 0 Å². The van der Waals surface area contributed by atoms with E-state index < -0.39 is 0 Å². The molecule has 0 aromatic carbocycles. The molecule has 11 heavy (non-hydrogen) atoms. The summed E-state index contributed by atoms with van der Waals surface area (Å²) in [6.45, 7) is 3.82. The van der Waals surface area contributed by atoms with Crippen LogP contribution >= 0.6 is 0 Å². The van der Waals surface area contributed by atoms with Crippen molar-refractivity contribution in [3.8, 4) is 0 Å². The van der Waals surface area contributed by atoms with Gasteiger partial charge in [0, 0.05) is 13.1 Å². The molecule has 6 N–H and O–H groups in total. The van der Waals surface area contributed by atoms with Gasteiger partial charge in [-0.05, 0) is 13.8 Å². The highest BCUT2D eigenvalue weighted by Crippen LogP contribution is 1.92. The van der Waals surface area contributed by atoms with E-state index in [2.05, 4.69) is 5.10 Å². The van der Waals surface area contributed by atoms with E-state index >= 15 is 0 Å². The maximum absolute atomic E-state index is 5.57. The summed E-state index contributed by atoms with van der Waals surface area (Å²) in [4.78, 5) is 0. The molecule has 0 aromatic rings. The Morgan fingerprint density at radius 2 is 1.82 bits per heavy atom. The van der Waals surface area contributed by atoms with Crippen LogP contribution in [-0.2, 0) is 0 Å². The lowest BCUT2D eigenvalue weighted by Crippen LogP contribution is -2.52. The van der Waals surface area contributed by atoms with E-state index in [4.69, 9.17) is 17.5 Å². The number of hydrazine groups is 2. The van der Waals surface area contributed by atoms with Gasteiger partial charge in [-0.3, -0.25) is 10.0 Å². The minimum Gasteiger partial charge on any atom is -0.320 e. The fourth-order valence-corrected chi connectivity index (χ4v) is 0.571. The van der Waals surface area contributed by atoms with Gasteiger partial charge in [-0.25, -0.2) is 11.7 Å². The molecule has 0 radical (unpaired) electrons. The lowest BCUT2D eigenvalue weighted by molar-refractivity contribution is 0.307. The molecule has 0 heterocycles. The normalized spacial score (nSPS) is 12.0. The Morgan fingerprint density at radius 1 is 1.36 bits per heavy atom. The van der Waals surface area contributed by atoms with Crippen molar-refractivity contribution in [1.82, 2.24) is 10.0 Å². The van der Waals surface area contributed by atoms with E-state index in [1.165, 1.54) is 10.0 Å². The molecule has 0 spiro atoms. The first-order valence-electron chi connectivity index (χ1n) is 3.31. The van der Waals surface area contributed by atoms with Gasteiger partial charge in [-0.1, -0.05) is 0 Å². The first-order valence-corrected chi connectivity index (χ1v) is 3.31.